The average molecular weight is 389 g/mol. The fraction of sp³-hybridized carbons (Fsp3) is 0.278. The standard InChI is InChI=1S/C18H20N4O2S2/c1-21(15-5-3-2-4-6-15)8-7-19-16(23)13-25-12-14-11-17(24)22-9-10-26-18(22)20-14/h2-6,9-11H,7-8,12-13H2,1H3,(H,19,23). The third-order valence-electron chi connectivity index (χ3n) is 3.81. The van der Waals surface area contributed by atoms with Gasteiger partial charge in [-0.25, -0.2) is 4.98 Å². The summed E-state index contributed by atoms with van der Waals surface area (Å²) >= 11 is 2.88. The van der Waals surface area contributed by atoms with Crippen molar-refractivity contribution in [3.05, 3.63) is 64.0 Å². The Balaban J connectivity index is 1.39. The number of anilines is 1. The molecule has 0 aliphatic carbocycles. The van der Waals surface area contributed by atoms with Crippen LogP contribution < -0.4 is 15.8 Å². The van der Waals surface area contributed by atoms with E-state index in [4.69, 9.17) is 0 Å². The van der Waals surface area contributed by atoms with Gasteiger partial charge in [0.15, 0.2) is 4.96 Å². The summed E-state index contributed by atoms with van der Waals surface area (Å²) in [6, 6.07) is 11.6. The summed E-state index contributed by atoms with van der Waals surface area (Å²) in [5, 5.41) is 4.75. The van der Waals surface area contributed by atoms with Crippen LogP contribution in [0.2, 0.25) is 0 Å². The summed E-state index contributed by atoms with van der Waals surface area (Å²) in [6.45, 7) is 1.33. The lowest BCUT2D eigenvalue weighted by Crippen LogP contribution is -2.33. The highest BCUT2D eigenvalue weighted by molar-refractivity contribution is 7.99. The van der Waals surface area contributed by atoms with E-state index in [2.05, 4.69) is 15.2 Å². The van der Waals surface area contributed by atoms with Crippen LogP contribution in [0.3, 0.4) is 0 Å². The summed E-state index contributed by atoms with van der Waals surface area (Å²) in [6.07, 6.45) is 1.71. The highest BCUT2D eigenvalue weighted by atomic mass is 32.2. The number of hydrogen-bond acceptors (Lipinski definition) is 6. The van der Waals surface area contributed by atoms with Gasteiger partial charge in [-0.2, -0.15) is 0 Å². The van der Waals surface area contributed by atoms with Gasteiger partial charge in [-0.15, -0.1) is 23.1 Å². The maximum atomic E-state index is 12.0. The Labute approximate surface area is 159 Å². The lowest BCUT2D eigenvalue weighted by Gasteiger charge is -2.19. The van der Waals surface area contributed by atoms with E-state index in [1.165, 1.54) is 33.6 Å². The Morgan fingerprint density at radius 1 is 1.35 bits per heavy atom. The Bertz CT molecular complexity index is 924. The minimum atomic E-state index is -0.0831. The van der Waals surface area contributed by atoms with E-state index in [-0.39, 0.29) is 11.5 Å². The number of hydrogen-bond donors (Lipinski definition) is 1. The highest BCUT2D eigenvalue weighted by Gasteiger charge is 2.06. The maximum absolute atomic E-state index is 12.0. The molecular weight excluding hydrogens is 368 g/mol. The second kappa shape index (κ2) is 8.86. The first-order chi connectivity index (χ1) is 12.6. The van der Waals surface area contributed by atoms with Crippen molar-refractivity contribution in [2.24, 2.45) is 0 Å². The molecule has 0 saturated carbocycles. The molecule has 1 amide bonds. The third kappa shape index (κ3) is 4.86. The first-order valence-corrected chi connectivity index (χ1v) is 10.2. The summed E-state index contributed by atoms with van der Waals surface area (Å²) < 4.78 is 1.52. The van der Waals surface area contributed by atoms with Gasteiger partial charge < -0.3 is 10.2 Å². The number of fused-ring (bicyclic) bond motifs is 1. The van der Waals surface area contributed by atoms with Crippen LogP contribution in [0.1, 0.15) is 5.69 Å². The fourth-order valence-electron chi connectivity index (χ4n) is 2.44. The van der Waals surface area contributed by atoms with Gasteiger partial charge in [0, 0.05) is 49.2 Å². The summed E-state index contributed by atoms with van der Waals surface area (Å²) in [4.78, 5) is 31.1. The zero-order chi connectivity index (χ0) is 18.4. The fourth-order valence-corrected chi connectivity index (χ4v) is 3.92. The van der Waals surface area contributed by atoms with Gasteiger partial charge >= 0.3 is 0 Å². The molecule has 6 nitrogen and oxygen atoms in total. The molecule has 0 fully saturated rings. The third-order valence-corrected chi connectivity index (χ3v) is 5.53. The number of aromatic nitrogens is 2. The molecule has 3 rings (SSSR count). The van der Waals surface area contributed by atoms with Gasteiger partial charge in [-0.3, -0.25) is 14.0 Å². The number of para-hydroxylation sites is 1. The number of benzene rings is 1. The number of likely N-dealkylation sites (N-methyl/N-ethyl adjacent to an activating group) is 1. The second-order valence-corrected chi connectivity index (χ2v) is 7.60. The first kappa shape index (κ1) is 18.5. The van der Waals surface area contributed by atoms with Crippen molar-refractivity contribution in [3.63, 3.8) is 0 Å². The number of rotatable bonds is 8. The Hall–Kier alpha value is -2.32. The smallest absolute Gasteiger partial charge is 0.258 e. The monoisotopic (exact) mass is 388 g/mol. The van der Waals surface area contributed by atoms with Crippen LogP contribution in [0.5, 0.6) is 0 Å². The van der Waals surface area contributed by atoms with E-state index in [0.717, 1.165) is 12.2 Å². The van der Waals surface area contributed by atoms with Gasteiger partial charge in [0.1, 0.15) is 0 Å². The summed E-state index contributed by atoms with van der Waals surface area (Å²) in [5.74, 6) is 0.881. The van der Waals surface area contributed by atoms with Gasteiger partial charge in [-0.05, 0) is 12.1 Å². The van der Waals surface area contributed by atoms with Crippen LogP contribution in [0.25, 0.3) is 4.96 Å². The predicted octanol–water partition coefficient (Wildman–Crippen LogP) is 2.24. The predicted molar refractivity (Wildman–Crippen MR) is 108 cm³/mol. The highest BCUT2D eigenvalue weighted by Crippen LogP contribution is 2.12. The number of thiazole rings is 1. The molecule has 0 spiro atoms. The molecule has 0 bridgehead atoms. The molecule has 8 heteroatoms. The van der Waals surface area contributed by atoms with E-state index in [0.29, 0.717) is 28.7 Å². The number of nitrogens with zero attached hydrogens (tertiary/aromatic N) is 3. The minimum absolute atomic E-state index is 0.00890. The van der Waals surface area contributed by atoms with Crippen molar-refractivity contribution in [2.75, 3.05) is 30.8 Å². The van der Waals surface area contributed by atoms with Crippen molar-refractivity contribution < 1.29 is 4.79 Å². The maximum Gasteiger partial charge on any atom is 0.258 e. The molecule has 136 valence electrons. The Morgan fingerprint density at radius 3 is 2.96 bits per heavy atom. The van der Waals surface area contributed by atoms with E-state index in [1.807, 2.05) is 42.8 Å². The van der Waals surface area contributed by atoms with Crippen molar-refractivity contribution in [2.45, 2.75) is 5.75 Å². The minimum Gasteiger partial charge on any atom is -0.373 e. The Kier molecular flexibility index (Phi) is 6.30. The second-order valence-electron chi connectivity index (χ2n) is 5.74. The first-order valence-electron chi connectivity index (χ1n) is 8.20. The van der Waals surface area contributed by atoms with E-state index < -0.39 is 0 Å². The number of nitrogens with one attached hydrogen (secondary N) is 1. The lowest BCUT2D eigenvalue weighted by atomic mass is 10.3. The zero-order valence-corrected chi connectivity index (χ0v) is 16.1. The van der Waals surface area contributed by atoms with Gasteiger partial charge in [-0.1, -0.05) is 18.2 Å². The molecule has 0 unspecified atom stereocenters. The van der Waals surface area contributed by atoms with Crippen molar-refractivity contribution in [1.29, 1.82) is 0 Å². The number of thioether (sulfide) groups is 1. The summed E-state index contributed by atoms with van der Waals surface area (Å²) in [7, 11) is 2.00. The van der Waals surface area contributed by atoms with Gasteiger partial charge in [0.25, 0.3) is 5.56 Å². The molecule has 1 aromatic carbocycles. The SMILES string of the molecule is CN(CCNC(=O)CSCc1cc(=O)n2ccsc2n1)c1ccccc1. The largest absolute Gasteiger partial charge is 0.373 e. The molecule has 2 heterocycles. The molecular formula is C18H20N4O2S2. The molecule has 26 heavy (non-hydrogen) atoms. The van der Waals surface area contributed by atoms with E-state index in [1.54, 1.807) is 6.20 Å². The molecule has 2 aromatic heterocycles. The Morgan fingerprint density at radius 2 is 2.15 bits per heavy atom. The molecule has 0 atom stereocenters. The summed E-state index contributed by atoms with van der Waals surface area (Å²) in [5.41, 5.74) is 1.75. The molecule has 0 aliphatic rings. The molecule has 0 saturated heterocycles. The van der Waals surface area contributed by atoms with Crippen LogP contribution >= 0.6 is 23.1 Å². The molecule has 0 radical (unpaired) electrons. The van der Waals surface area contributed by atoms with Crippen molar-refractivity contribution in [3.8, 4) is 0 Å². The molecule has 3 aromatic rings. The lowest BCUT2D eigenvalue weighted by molar-refractivity contribution is -0.118. The van der Waals surface area contributed by atoms with Crippen LogP contribution in [0.15, 0.2) is 52.8 Å². The quantitative estimate of drug-likeness (QED) is 0.641. The zero-order valence-electron chi connectivity index (χ0n) is 14.4. The van der Waals surface area contributed by atoms with Gasteiger partial charge in [0.2, 0.25) is 5.91 Å². The average Bonchev–Trinajstić information content (AvgIpc) is 3.11. The topological polar surface area (TPSA) is 66.7 Å². The van der Waals surface area contributed by atoms with Crippen LogP contribution in [-0.2, 0) is 10.5 Å². The van der Waals surface area contributed by atoms with Crippen LogP contribution in [0.4, 0.5) is 5.69 Å². The normalized spacial score (nSPS) is 10.8. The number of carbonyl (C=O) groups excluding carboxylic acids is 1. The molecule has 0 aliphatic heterocycles. The van der Waals surface area contributed by atoms with Gasteiger partial charge in [0.05, 0.1) is 11.4 Å². The van der Waals surface area contributed by atoms with E-state index in [9.17, 15) is 9.59 Å². The number of amides is 1. The van der Waals surface area contributed by atoms with Crippen molar-refractivity contribution in [1.82, 2.24) is 14.7 Å². The van der Waals surface area contributed by atoms with Crippen molar-refractivity contribution >= 4 is 39.7 Å². The van der Waals surface area contributed by atoms with E-state index >= 15 is 0 Å². The molecule has 1 N–H and O–H groups in total. The van der Waals surface area contributed by atoms with Crippen LogP contribution in [-0.4, -0.2) is 41.2 Å². The van der Waals surface area contributed by atoms with Crippen LogP contribution in [0, 0.1) is 0 Å². The number of carbonyl (C=O) groups is 1.